The van der Waals surface area contributed by atoms with Crippen molar-refractivity contribution in [1.29, 1.82) is 0 Å². The molecule has 0 saturated heterocycles. The van der Waals surface area contributed by atoms with Crippen LogP contribution in [0.4, 0.5) is 5.82 Å². The maximum Gasteiger partial charge on any atom is 0.318 e. The van der Waals surface area contributed by atoms with Crippen LogP contribution in [0.25, 0.3) is 0 Å². The Bertz CT molecular complexity index is 459. The number of fused-ring (bicyclic) bond motifs is 1. The van der Waals surface area contributed by atoms with E-state index >= 15 is 0 Å². The highest BCUT2D eigenvalue weighted by Gasteiger charge is 2.24. The molecule has 1 aliphatic heterocycles. The third kappa shape index (κ3) is 2.52. The topological polar surface area (TPSA) is 50.3 Å². The molecular formula is C14H22N4O. The summed E-state index contributed by atoms with van der Waals surface area (Å²) in [7, 11) is 3.77. The Kier molecular flexibility index (Phi) is 3.55. The summed E-state index contributed by atoms with van der Waals surface area (Å²) in [5.41, 5.74) is 2.38. The Morgan fingerprint density at radius 1 is 1.37 bits per heavy atom. The molecule has 0 bridgehead atoms. The van der Waals surface area contributed by atoms with Crippen molar-refractivity contribution >= 4 is 5.82 Å². The van der Waals surface area contributed by atoms with Crippen LogP contribution in [0, 0.1) is 5.92 Å². The fourth-order valence-electron chi connectivity index (χ4n) is 2.86. The number of hydrogen-bond donors (Lipinski definition) is 1. The molecule has 0 spiro atoms. The Labute approximate surface area is 114 Å². The average Bonchev–Trinajstić information content (AvgIpc) is 2.41. The number of methoxy groups -OCH3 is 1. The second kappa shape index (κ2) is 5.33. The van der Waals surface area contributed by atoms with Crippen LogP contribution in [0.5, 0.6) is 6.01 Å². The van der Waals surface area contributed by atoms with Crippen molar-refractivity contribution in [2.75, 3.05) is 32.1 Å². The summed E-state index contributed by atoms with van der Waals surface area (Å²) in [4.78, 5) is 11.3. The van der Waals surface area contributed by atoms with E-state index in [0.29, 0.717) is 6.01 Å². The van der Waals surface area contributed by atoms with Gasteiger partial charge >= 0.3 is 6.01 Å². The van der Waals surface area contributed by atoms with E-state index in [0.717, 1.165) is 43.5 Å². The van der Waals surface area contributed by atoms with Crippen molar-refractivity contribution in [2.45, 2.75) is 32.2 Å². The fourth-order valence-corrected chi connectivity index (χ4v) is 2.86. The number of nitrogens with one attached hydrogen (secondary N) is 1. The zero-order chi connectivity index (χ0) is 13.2. The van der Waals surface area contributed by atoms with E-state index in [-0.39, 0.29) is 0 Å². The van der Waals surface area contributed by atoms with Gasteiger partial charge in [0.25, 0.3) is 0 Å². The lowest BCUT2D eigenvalue weighted by molar-refractivity contribution is 0.320. The normalized spacial score (nSPS) is 18.6. The number of aromatic nitrogens is 2. The smallest absolute Gasteiger partial charge is 0.318 e. The van der Waals surface area contributed by atoms with Gasteiger partial charge in [-0.25, -0.2) is 0 Å². The van der Waals surface area contributed by atoms with E-state index in [9.17, 15) is 0 Å². The third-order valence-electron chi connectivity index (χ3n) is 4.19. The zero-order valence-corrected chi connectivity index (χ0v) is 11.8. The summed E-state index contributed by atoms with van der Waals surface area (Å²) in [6.45, 7) is 2.94. The monoisotopic (exact) mass is 262 g/mol. The van der Waals surface area contributed by atoms with Gasteiger partial charge in [0, 0.05) is 38.7 Å². The van der Waals surface area contributed by atoms with Crippen LogP contribution in [-0.4, -0.2) is 37.2 Å². The number of hydrogen-bond acceptors (Lipinski definition) is 5. The first-order valence-corrected chi connectivity index (χ1v) is 7.13. The molecule has 1 aliphatic carbocycles. The number of nitrogens with zero attached hydrogens (tertiary/aromatic N) is 3. The summed E-state index contributed by atoms with van der Waals surface area (Å²) in [6, 6.07) is 0.496. The standard InChI is InChI=1S/C14H22N4O/c1-18(9-10-4-3-5-10)13-11-8-15-7-6-12(11)16-14(17-13)19-2/h10,15H,3-9H2,1-2H3. The van der Waals surface area contributed by atoms with Crippen molar-refractivity contribution in [3.8, 4) is 6.01 Å². The Morgan fingerprint density at radius 3 is 2.89 bits per heavy atom. The Morgan fingerprint density at radius 2 is 2.21 bits per heavy atom. The minimum Gasteiger partial charge on any atom is -0.467 e. The van der Waals surface area contributed by atoms with Crippen molar-refractivity contribution in [3.63, 3.8) is 0 Å². The summed E-state index contributed by atoms with van der Waals surface area (Å²) in [6.07, 6.45) is 5.05. The van der Waals surface area contributed by atoms with Gasteiger partial charge in [0.1, 0.15) is 5.82 Å². The third-order valence-corrected chi connectivity index (χ3v) is 4.19. The maximum atomic E-state index is 5.25. The molecule has 2 aliphatic rings. The first-order chi connectivity index (χ1) is 9.28. The largest absolute Gasteiger partial charge is 0.467 e. The first-order valence-electron chi connectivity index (χ1n) is 7.13. The van der Waals surface area contributed by atoms with Crippen molar-refractivity contribution in [1.82, 2.24) is 15.3 Å². The molecule has 2 heterocycles. The molecule has 3 rings (SSSR count). The van der Waals surface area contributed by atoms with E-state index in [4.69, 9.17) is 4.74 Å². The molecule has 1 N–H and O–H groups in total. The summed E-state index contributed by atoms with van der Waals surface area (Å²) < 4.78 is 5.25. The number of anilines is 1. The SMILES string of the molecule is COc1nc2c(c(N(C)CC3CCC3)n1)CNCC2. The second-order valence-corrected chi connectivity index (χ2v) is 5.56. The maximum absolute atomic E-state index is 5.25. The van der Waals surface area contributed by atoms with Gasteiger partial charge in [0.05, 0.1) is 12.8 Å². The number of ether oxygens (including phenoxy) is 1. The minimum absolute atomic E-state index is 0.496. The van der Waals surface area contributed by atoms with E-state index in [1.807, 2.05) is 0 Å². The molecule has 19 heavy (non-hydrogen) atoms. The quantitative estimate of drug-likeness (QED) is 0.888. The van der Waals surface area contributed by atoms with Crippen LogP contribution < -0.4 is 15.0 Å². The van der Waals surface area contributed by atoms with E-state index in [1.165, 1.54) is 24.8 Å². The summed E-state index contributed by atoms with van der Waals surface area (Å²) in [5.74, 6) is 1.87. The highest BCUT2D eigenvalue weighted by molar-refractivity contribution is 5.50. The van der Waals surface area contributed by atoms with Crippen LogP contribution in [0.2, 0.25) is 0 Å². The fraction of sp³-hybridized carbons (Fsp3) is 0.714. The van der Waals surface area contributed by atoms with E-state index < -0.39 is 0 Å². The summed E-state index contributed by atoms with van der Waals surface area (Å²) in [5, 5.41) is 3.41. The zero-order valence-electron chi connectivity index (χ0n) is 11.8. The predicted octanol–water partition coefficient (Wildman–Crippen LogP) is 1.37. The molecule has 1 saturated carbocycles. The molecule has 0 aromatic carbocycles. The Balaban J connectivity index is 1.88. The van der Waals surface area contributed by atoms with Gasteiger partial charge < -0.3 is 15.0 Å². The van der Waals surface area contributed by atoms with Crippen molar-refractivity contribution in [3.05, 3.63) is 11.3 Å². The minimum atomic E-state index is 0.496. The van der Waals surface area contributed by atoms with Gasteiger partial charge in [0.15, 0.2) is 0 Å². The lowest BCUT2D eigenvalue weighted by atomic mass is 9.85. The highest BCUT2D eigenvalue weighted by atomic mass is 16.5. The lowest BCUT2D eigenvalue weighted by Gasteiger charge is -2.32. The number of rotatable bonds is 4. The van der Waals surface area contributed by atoms with Crippen molar-refractivity contribution < 1.29 is 4.74 Å². The Hall–Kier alpha value is -1.36. The summed E-state index contributed by atoms with van der Waals surface area (Å²) >= 11 is 0. The van der Waals surface area contributed by atoms with E-state index in [1.54, 1.807) is 7.11 Å². The van der Waals surface area contributed by atoms with Crippen LogP contribution in [0.15, 0.2) is 0 Å². The molecule has 5 heteroatoms. The van der Waals surface area contributed by atoms with Gasteiger partial charge in [-0.05, 0) is 18.8 Å². The average molecular weight is 262 g/mol. The highest BCUT2D eigenvalue weighted by Crippen LogP contribution is 2.30. The molecule has 0 amide bonds. The first kappa shape index (κ1) is 12.7. The van der Waals surface area contributed by atoms with E-state index in [2.05, 4.69) is 27.2 Å². The molecule has 0 radical (unpaired) electrons. The molecule has 104 valence electrons. The second-order valence-electron chi connectivity index (χ2n) is 5.56. The molecule has 1 aromatic heterocycles. The van der Waals surface area contributed by atoms with Crippen molar-refractivity contribution in [2.24, 2.45) is 5.92 Å². The molecule has 5 nitrogen and oxygen atoms in total. The molecular weight excluding hydrogens is 240 g/mol. The predicted molar refractivity (Wildman–Crippen MR) is 74.6 cm³/mol. The van der Waals surface area contributed by atoms with Crippen LogP contribution in [-0.2, 0) is 13.0 Å². The molecule has 1 fully saturated rings. The van der Waals surface area contributed by atoms with Gasteiger partial charge in [-0.2, -0.15) is 9.97 Å². The molecule has 0 atom stereocenters. The van der Waals surface area contributed by atoms with Gasteiger partial charge in [-0.15, -0.1) is 0 Å². The molecule has 1 aromatic rings. The van der Waals surface area contributed by atoms with Crippen LogP contribution >= 0.6 is 0 Å². The van der Waals surface area contributed by atoms with Gasteiger partial charge in [0.2, 0.25) is 0 Å². The van der Waals surface area contributed by atoms with Gasteiger partial charge in [-0.3, -0.25) is 0 Å². The van der Waals surface area contributed by atoms with Gasteiger partial charge in [-0.1, -0.05) is 6.42 Å². The van der Waals surface area contributed by atoms with Crippen LogP contribution in [0.1, 0.15) is 30.5 Å². The molecule has 0 unspecified atom stereocenters. The lowest BCUT2D eigenvalue weighted by Crippen LogP contribution is -2.33. The van der Waals surface area contributed by atoms with Crippen LogP contribution in [0.3, 0.4) is 0 Å².